The quantitative estimate of drug-likeness (QED) is 0.290. The first-order valence-electron chi connectivity index (χ1n) is 11.3. The third-order valence-corrected chi connectivity index (χ3v) is 6.37. The zero-order valence-corrected chi connectivity index (χ0v) is 19.9. The van der Waals surface area contributed by atoms with Crippen LogP contribution in [0.25, 0.3) is 11.0 Å². The van der Waals surface area contributed by atoms with Crippen LogP contribution in [-0.2, 0) is 0 Å². The molecule has 1 aliphatic heterocycles. The average Bonchev–Trinajstić information content (AvgIpc) is 3.15. The van der Waals surface area contributed by atoms with Gasteiger partial charge in [0, 0.05) is 22.6 Å². The predicted molar refractivity (Wildman–Crippen MR) is 132 cm³/mol. The highest BCUT2D eigenvalue weighted by molar-refractivity contribution is 5.98. The molecule has 1 unspecified atom stereocenters. The van der Waals surface area contributed by atoms with Crippen molar-refractivity contribution in [3.05, 3.63) is 105 Å². The first-order valence-corrected chi connectivity index (χ1v) is 11.3. The lowest BCUT2D eigenvalue weighted by Gasteiger charge is -2.26. The van der Waals surface area contributed by atoms with Crippen molar-refractivity contribution in [2.45, 2.75) is 33.6 Å². The summed E-state index contributed by atoms with van der Waals surface area (Å²) >= 11 is 0. The first kappa shape index (κ1) is 22.3. The number of rotatable bonds is 3. The van der Waals surface area contributed by atoms with E-state index in [1.165, 1.54) is 0 Å². The van der Waals surface area contributed by atoms with Crippen molar-refractivity contribution >= 4 is 16.9 Å². The van der Waals surface area contributed by atoms with Crippen LogP contribution in [0, 0.1) is 39.0 Å². The second kappa shape index (κ2) is 8.37. The minimum absolute atomic E-state index is 0.0352. The Morgan fingerprint density at radius 3 is 2.46 bits per heavy atom. The molecule has 2 heterocycles. The summed E-state index contributed by atoms with van der Waals surface area (Å²) in [6, 6.07) is 19.2. The van der Waals surface area contributed by atoms with Gasteiger partial charge in [-0.2, -0.15) is 5.26 Å². The molecule has 174 valence electrons. The summed E-state index contributed by atoms with van der Waals surface area (Å²) in [5.74, 6) is -0.0487. The number of fused-ring (bicyclic) bond motifs is 2. The number of ether oxygens (including phenoxy) is 2. The van der Waals surface area contributed by atoms with E-state index in [4.69, 9.17) is 19.6 Å². The second-order valence-corrected chi connectivity index (χ2v) is 8.94. The minimum atomic E-state index is -0.595. The molecule has 6 nitrogen and oxygen atoms in total. The van der Waals surface area contributed by atoms with Crippen LogP contribution in [0.5, 0.6) is 11.5 Å². The summed E-state index contributed by atoms with van der Waals surface area (Å²) in [5.41, 5.74) is 12.7. The van der Waals surface area contributed by atoms with E-state index in [9.17, 15) is 10.1 Å². The van der Waals surface area contributed by atoms with Crippen molar-refractivity contribution in [2.75, 3.05) is 0 Å². The number of carbonyl (C=O) groups is 1. The fourth-order valence-electron chi connectivity index (χ4n) is 4.74. The first-order chi connectivity index (χ1) is 16.8. The largest absolute Gasteiger partial charge is 0.449 e. The Kier molecular flexibility index (Phi) is 5.33. The SMILES string of the molecule is Cc1ccc(C2C(C#N)=C(N)Oc3cc(OC(=O)c4oc5cc(C)cc(C)c5c4C)ccc32)cc1. The Bertz CT molecular complexity index is 1570. The maximum absolute atomic E-state index is 13.0. The number of furan rings is 1. The molecule has 0 bridgehead atoms. The number of allylic oxidation sites excluding steroid dienone is 1. The summed E-state index contributed by atoms with van der Waals surface area (Å²) in [6.07, 6.45) is 0. The Balaban J connectivity index is 1.49. The molecular formula is C29H24N2O4. The maximum atomic E-state index is 13.0. The minimum Gasteiger partial charge on any atom is -0.449 e. The van der Waals surface area contributed by atoms with Gasteiger partial charge in [-0.3, -0.25) is 0 Å². The van der Waals surface area contributed by atoms with Crippen LogP contribution in [-0.4, -0.2) is 5.97 Å². The molecule has 6 heteroatoms. The molecule has 0 amide bonds. The zero-order chi connectivity index (χ0) is 24.9. The van der Waals surface area contributed by atoms with Gasteiger partial charge in [0.15, 0.2) is 0 Å². The van der Waals surface area contributed by atoms with Crippen LogP contribution in [0.2, 0.25) is 0 Å². The Labute approximate surface area is 203 Å². The molecule has 35 heavy (non-hydrogen) atoms. The fourth-order valence-corrected chi connectivity index (χ4v) is 4.74. The van der Waals surface area contributed by atoms with Gasteiger partial charge in [-0.05, 0) is 56.5 Å². The fraction of sp³-hybridized carbons (Fsp3) is 0.172. The topological polar surface area (TPSA) is 98.5 Å². The standard InChI is InChI=1S/C29H24N2O4/c1-15-5-7-19(8-6-15)26-21-10-9-20(13-23(21)35-28(31)22(26)14-30)33-29(32)27-18(4)25-17(3)11-16(2)12-24(25)34-27/h5-13,26H,31H2,1-4H3. The number of carbonyl (C=O) groups excluding carboxylic acids is 1. The van der Waals surface area contributed by atoms with Gasteiger partial charge < -0.3 is 19.6 Å². The Hall–Kier alpha value is -4.50. The normalized spacial score (nSPS) is 14.9. The molecule has 3 aromatic carbocycles. The molecule has 1 atom stereocenters. The number of aryl methyl sites for hydroxylation is 4. The molecule has 0 radical (unpaired) electrons. The molecule has 0 saturated heterocycles. The number of nitrogens with two attached hydrogens (primary N) is 1. The van der Waals surface area contributed by atoms with E-state index >= 15 is 0 Å². The van der Waals surface area contributed by atoms with Gasteiger partial charge in [0.1, 0.15) is 28.7 Å². The van der Waals surface area contributed by atoms with Crippen molar-refractivity contribution in [3.63, 3.8) is 0 Å². The predicted octanol–water partition coefficient (Wildman–Crippen LogP) is 6.10. The summed E-state index contributed by atoms with van der Waals surface area (Å²) in [6.45, 7) is 7.83. The Morgan fingerprint density at radius 1 is 1.00 bits per heavy atom. The molecule has 0 spiro atoms. The van der Waals surface area contributed by atoms with Crippen molar-refractivity contribution in [2.24, 2.45) is 5.73 Å². The average molecular weight is 465 g/mol. The third kappa shape index (κ3) is 3.81. The number of nitrogens with zero attached hydrogens (tertiary/aromatic N) is 1. The molecule has 0 saturated carbocycles. The van der Waals surface area contributed by atoms with Crippen molar-refractivity contribution in [1.29, 1.82) is 5.26 Å². The second-order valence-electron chi connectivity index (χ2n) is 8.94. The highest BCUT2D eigenvalue weighted by atomic mass is 16.5. The summed E-state index contributed by atoms with van der Waals surface area (Å²) in [4.78, 5) is 13.0. The highest BCUT2D eigenvalue weighted by Crippen LogP contribution is 2.43. The van der Waals surface area contributed by atoms with Gasteiger partial charge in [0.2, 0.25) is 11.6 Å². The monoisotopic (exact) mass is 464 g/mol. The lowest BCUT2D eigenvalue weighted by molar-refractivity contribution is 0.0702. The van der Waals surface area contributed by atoms with Crippen LogP contribution in [0.15, 0.2) is 70.5 Å². The van der Waals surface area contributed by atoms with Gasteiger partial charge >= 0.3 is 5.97 Å². The van der Waals surface area contributed by atoms with E-state index in [-0.39, 0.29) is 23.3 Å². The van der Waals surface area contributed by atoms with Crippen molar-refractivity contribution < 1.29 is 18.7 Å². The summed E-state index contributed by atoms with van der Waals surface area (Å²) in [5, 5.41) is 10.7. The smallest absolute Gasteiger partial charge is 0.379 e. The van der Waals surface area contributed by atoms with E-state index in [1.807, 2.05) is 58.0 Å². The number of esters is 1. The van der Waals surface area contributed by atoms with E-state index in [0.717, 1.165) is 38.8 Å². The van der Waals surface area contributed by atoms with E-state index in [1.54, 1.807) is 18.2 Å². The van der Waals surface area contributed by atoms with Gasteiger partial charge in [-0.15, -0.1) is 0 Å². The number of benzene rings is 3. The number of hydrogen-bond acceptors (Lipinski definition) is 6. The zero-order valence-electron chi connectivity index (χ0n) is 19.9. The maximum Gasteiger partial charge on any atom is 0.379 e. The van der Waals surface area contributed by atoms with Crippen molar-refractivity contribution in [3.8, 4) is 17.6 Å². The van der Waals surface area contributed by atoms with Gasteiger partial charge in [-0.1, -0.05) is 42.0 Å². The van der Waals surface area contributed by atoms with Gasteiger partial charge in [-0.25, -0.2) is 4.79 Å². The van der Waals surface area contributed by atoms with Crippen molar-refractivity contribution in [1.82, 2.24) is 0 Å². The molecule has 2 N–H and O–H groups in total. The van der Waals surface area contributed by atoms with E-state index in [0.29, 0.717) is 16.9 Å². The van der Waals surface area contributed by atoms with E-state index < -0.39 is 5.97 Å². The lowest BCUT2D eigenvalue weighted by Crippen LogP contribution is -2.21. The molecule has 1 aromatic heterocycles. The van der Waals surface area contributed by atoms with Crippen LogP contribution >= 0.6 is 0 Å². The highest BCUT2D eigenvalue weighted by Gasteiger charge is 2.31. The third-order valence-electron chi connectivity index (χ3n) is 6.37. The molecule has 0 fully saturated rings. The summed E-state index contributed by atoms with van der Waals surface area (Å²) in [7, 11) is 0. The summed E-state index contributed by atoms with van der Waals surface area (Å²) < 4.78 is 17.3. The van der Waals surface area contributed by atoms with Gasteiger partial charge in [0.25, 0.3) is 0 Å². The molecule has 4 aromatic rings. The van der Waals surface area contributed by atoms with Gasteiger partial charge in [0.05, 0.1) is 5.92 Å². The molecule has 0 aliphatic carbocycles. The molecule has 1 aliphatic rings. The van der Waals surface area contributed by atoms with Crippen LogP contribution in [0.1, 0.15) is 49.9 Å². The Morgan fingerprint density at radius 2 is 1.74 bits per heavy atom. The van der Waals surface area contributed by atoms with Crippen LogP contribution in [0.3, 0.4) is 0 Å². The number of nitriles is 1. The lowest BCUT2D eigenvalue weighted by atomic mass is 9.83. The molecular weight excluding hydrogens is 440 g/mol. The molecule has 5 rings (SSSR count). The van der Waals surface area contributed by atoms with Crippen LogP contribution < -0.4 is 15.2 Å². The van der Waals surface area contributed by atoms with Crippen LogP contribution in [0.4, 0.5) is 0 Å². The van der Waals surface area contributed by atoms with E-state index in [2.05, 4.69) is 12.1 Å². The number of hydrogen-bond donors (Lipinski definition) is 1.